The average Bonchev–Trinajstić information content (AvgIpc) is 2.67. The standard InChI is InChI=1S/C22H17NO/c24-22(19-11-5-2-6-12-19)20-13-15-21(16-14-20)23-17-7-10-18-8-3-1-4-9-18/h1-17H. The Hall–Kier alpha value is -3.26. The Balaban J connectivity index is 1.65. The Labute approximate surface area is 141 Å². The summed E-state index contributed by atoms with van der Waals surface area (Å²) in [5.41, 5.74) is 3.31. The van der Waals surface area contributed by atoms with E-state index in [-0.39, 0.29) is 5.78 Å². The van der Waals surface area contributed by atoms with Crippen LogP contribution in [0.5, 0.6) is 0 Å². The molecule has 0 spiro atoms. The van der Waals surface area contributed by atoms with E-state index >= 15 is 0 Å². The summed E-state index contributed by atoms with van der Waals surface area (Å²) in [6.45, 7) is 0. The van der Waals surface area contributed by atoms with Gasteiger partial charge >= 0.3 is 0 Å². The van der Waals surface area contributed by atoms with Crippen molar-refractivity contribution in [1.82, 2.24) is 0 Å². The molecule has 0 amide bonds. The first-order valence-corrected chi connectivity index (χ1v) is 7.78. The van der Waals surface area contributed by atoms with Crippen molar-refractivity contribution in [2.75, 3.05) is 0 Å². The summed E-state index contributed by atoms with van der Waals surface area (Å²) in [7, 11) is 0. The average molecular weight is 311 g/mol. The third-order valence-electron chi connectivity index (χ3n) is 3.56. The van der Waals surface area contributed by atoms with Crippen LogP contribution in [0.25, 0.3) is 6.08 Å². The zero-order chi connectivity index (χ0) is 16.6. The number of ketones is 1. The SMILES string of the molecule is O=C(c1ccccc1)c1ccc(N=CC=Cc2ccccc2)cc1. The molecule has 0 aliphatic rings. The van der Waals surface area contributed by atoms with Crippen LogP contribution in [0.1, 0.15) is 21.5 Å². The van der Waals surface area contributed by atoms with Crippen molar-refractivity contribution in [1.29, 1.82) is 0 Å². The predicted octanol–water partition coefficient (Wildman–Crippen LogP) is 5.33. The Morgan fingerprint density at radius 1 is 0.708 bits per heavy atom. The van der Waals surface area contributed by atoms with E-state index in [1.807, 2.05) is 97.1 Å². The van der Waals surface area contributed by atoms with E-state index in [0.717, 1.165) is 11.3 Å². The minimum atomic E-state index is 0.0232. The molecule has 0 saturated carbocycles. The van der Waals surface area contributed by atoms with Gasteiger partial charge in [-0.1, -0.05) is 66.7 Å². The summed E-state index contributed by atoms with van der Waals surface area (Å²) in [6, 6.07) is 26.7. The van der Waals surface area contributed by atoms with E-state index in [1.54, 1.807) is 6.21 Å². The number of carbonyl (C=O) groups is 1. The molecular formula is C22H17NO. The fourth-order valence-electron chi connectivity index (χ4n) is 2.30. The maximum absolute atomic E-state index is 12.3. The lowest BCUT2D eigenvalue weighted by Gasteiger charge is -2.01. The van der Waals surface area contributed by atoms with Crippen LogP contribution in [-0.4, -0.2) is 12.0 Å². The zero-order valence-corrected chi connectivity index (χ0v) is 13.2. The highest BCUT2D eigenvalue weighted by Crippen LogP contribution is 2.15. The van der Waals surface area contributed by atoms with E-state index in [9.17, 15) is 4.79 Å². The molecule has 2 heteroatoms. The molecule has 0 bridgehead atoms. The number of hydrogen-bond donors (Lipinski definition) is 0. The van der Waals surface area contributed by atoms with Crippen LogP contribution < -0.4 is 0 Å². The maximum Gasteiger partial charge on any atom is 0.193 e. The van der Waals surface area contributed by atoms with Crippen molar-refractivity contribution in [2.24, 2.45) is 4.99 Å². The number of benzene rings is 3. The first-order chi connectivity index (χ1) is 11.8. The lowest BCUT2D eigenvalue weighted by atomic mass is 10.0. The van der Waals surface area contributed by atoms with Gasteiger partial charge in [-0.2, -0.15) is 0 Å². The van der Waals surface area contributed by atoms with E-state index in [4.69, 9.17) is 0 Å². The molecule has 3 aromatic rings. The van der Waals surface area contributed by atoms with Gasteiger partial charge in [-0.05, 0) is 35.9 Å². The molecular weight excluding hydrogens is 294 g/mol. The number of hydrogen-bond acceptors (Lipinski definition) is 2. The van der Waals surface area contributed by atoms with Crippen molar-refractivity contribution < 1.29 is 4.79 Å². The monoisotopic (exact) mass is 311 g/mol. The second kappa shape index (κ2) is 7.84. The molecule has 0 saturated heterocycles. The van der Waals surface area contributed by atoms with Gasteiger partial charge in [-0.15, -0.1) is 0 Å². The van der Waals surface area contributed by atoms with Gasteiger partial charge in [0.25, 0.3) is 0 Å². The van der Waals surface area contributed by atoms with Crippen LogP contribution in [0.2, 0.25) is 0 Å². The van der Waals surface area contributed by atoms with Crippen LogP contribution in [-0.2, 0) is 0 Å². The number of allylic oxidation sites excluding steroid dienone is 1. The fraction of sp³-hybridized carbons (Fsp3) is 0. The number of rotatable bonds is 5. The molecule has 3 rings (SSSR count). The summed E-state index contributed by atoms with van der Waals surface area (Å²) in [4.78, 5) is 16.7. The molecule has 0 N–H and O–H groups in total. The zero-order valence-electron chi connectivity index (χ0n) is 13.2. The summed E-state index contributed by atoms with van der Waals surface area (Å²) in [5, 5.41) is 0. The normalized spacial score (nSPS) is 11.2. The smallest absolute Gasteiger partial charge is 0.193 e. The number of aliphatic imine (C=N–C) groups is 1. The molecule has 0 heterocycles. The minimum absolute atomic E-state index is 0.0232. The van der Waals surface area contributed by atoms with E-state index in [0.29, 0.717) is 11.1 Å². The van der Waals surface area contributed by atoms with Gasteiger partial charge in [0.1, 0.15) is 0 Å². The molecule has 0 radical (unpaired) electrons. The van der Waals surface area contributed by atoms with Crippen molar-refractivity contribution in [3.8, 4) is 0 Å². The Kier molecular flexibility index (Phi) is 5.10. The van der Waals surface area contributed by atoms with Crippen molar-refractivity contribution in [2.45, 2.75) is 0 Å². The second-order valence-corrected chi connectivity index (χ2v) is 5.29. The lowest BCUT2D eigenvalue weighted by molar-refractivity contribution is 0.103. The topological polar surface area (TPSA) is 29.4 Å². The summed E-state index contributed by atoms with van der Waals surface area (Å²) >= 11 is 0. The van der Waals surface area contributed by atoms with Gasteiger partial charge in [0.15, 0.2) is 5.78 Å². The molecule has 116 valence electrons. The molecule has 0 aliphatic heterocycles. The van der Waals surface area contributed by atoms with Gasteiger partial charge in [-0.25, -0.2) is 0 Å². The molecule has 2 nitrogen and oxygen atoms in total. The van der Waals surface area contributed by atoms with Gasteiger partial charge in [0.05, 0.1) is 5.69 Å². The van der Waals surface area contributed by atoms with Crippen LogP contribution in [0, 0.1) is 0 Å². The molecule has 0 fully saturated rings. The van der Waals surface area contributed by atoms with Crippen LogP contribution in [0.15, 0.2) is 96.0 Å². The van der Waals surface area contributed by atoms with Crippen molar-refractivity contribution >= 4 is 23.8 Å². The predicted molar refractivity (Wildman–Crippen MR) is 99.9 cm³/mol. The van der Waals surface area contributed by atoms with Crippen LogP contribution in [0.4, 0.5) is 5.69 Å². The molecule has 0 aliphatic carbocycles. The highest BCUT2D eigenvalue weighted by atomic mass is 16.1. The minimum Gasteiger partial charge on any atom is -0.289 e. The van der Waals surface area contributed by atoms with E-state index in [1.165, 1.54) is 0 Å². The third kappa shape index (κ3) is 4.14. The summed E-state index contributed by atoms with van der Waals surface area (Å²) in [6.07, 6.45) is 5.65. The summed E-state index contributed by atoms with van der Waals surface area (Å²) in [5.74, 6) is 0.0232. The van der Waals surface area contributed by atoms with E-state index in [2.05, 4.69) is 4.99 Å². The molecule has 0 unspecified atom stereocenters. The Bertz CT molecular complexity index is 847. The highest BCUT2D eigenvalue weighted by molar-refractivity contribution is 6.09. The van der Waals surface area contributed by atoms with Gasteiger partial charge in [0, 0.05) is 17.3 Å². The molecule has 24 heavy (non-hydrogen) atoms. The van der Waals surface area contributed by atoms with Gasteiger partial charge in [0.2, 0.25) is 0 Å². The van der Waals surface area contributed by atoms with Crippen LogP contribution >= 0.6 is 0 Å². The maximum atomic E-state index is 12.3. The lowest BCUT2D eigenvalue weighted by Crippen LogP contribution is -1.99. The third-order valence-corrected chi connectivity index (χ3v) is 3.56. The molecule has 0 atom stereocenters. The first-order valence-electron chi connectivity index (χ1n) is 7.78. The van der Waals surface area contributed by atoms with Gasteiger partial charge < -0.3 is 0 Å². The largest absolute Gasteiger partial charge is 0.289 e. The Morgan fingerprint density at radius 2 is 1.29 bits per heavy atom. The number of nitrogens with zero attached hydrogens (tertiary/aromatic N) is 1. The quantitative estimate of drug-likeness (QED) is 0.462. The van der Waals surface area contributed by atoms with Crippen molar-refractivity contribution in [3.63, 3.8) is 0 Å². The van der Waals surface area contributed by atoms with E-state index < -0.39 is 0 Å². The summed E-state index contributed by atoms with van der Waals surface area (Å²) < 4.78 is 0. The highest BCUT2D eigenvalue weighted by Gasteiger charge is 2.07. The van der Waals surface area contributed by atoms with Crippen LogP contribution in [0.3, 0.4) is 0 Å². The second-order valence-electron chi connectivity index (χ2n) is 5.29. The van der Waals surface area contributed by atoms with Crippen molar-refractivity contribution in [3.05, 3.63) is 108 Å². The number of carbonyl (C=O) groups excluding carboxylic acids is 1. The Morgan fingerprint density at radius 3 is 1.96 bits per heavy atom. The van der Waals surface area contributed by atoms with Gasteiger partial charge in [-0.3, -0.25) is 9.79 Å². The molecule has 3 aromatic carbocycles. The first kappa shape index (κ1) is 15.6. The fourth-order valence-corrected chi connectivity index (χ4v) is 2.30. The molecule has 0 aromatic heterocycles.